The monoisotopic (exact) mass is 249 g/mol. The molecule has 3 heteroatoms. The summed E-state index contributed by atoms with van der Waals surface area (Å²) in [7, 11) is 3.46. The molecule has 2 rings (SSSR count). The second-order valence-corrected chi connectivity index (χ2v) is 4.99. The van der Waals surface area contributed by atoms with Gasteiger partial charge in [0.2, 0.25) is 0 Å². The number of ether oxygens (including phenoxy) is 2. The van der Waals surface area contributed by atoms with Crippen LogP contribution in [-0.2, 0) is 6.42 Å². The molecule has 1 atom stereocenters. The highest BCUT2D eigenvalue weighted by Crippen LogP contribution is 2.32. The van der Waals surface area contributed by atoms with Gasteiger partial charge in [0.15, 0.2) is 0 Å². The summed E-state index contributed by atoms with van der Waals surface area (Å²) in [5.41, 5.74) is 2.51. The lowest BCUT2D eigenvalue weighted by molar-refractivity contribution is 0.360. The van der Waals surface area contributed by atoms with E-state index in [2.05, 4.69) is 12.2 Å². The predicted molar refractivity (Wildman–Crippen MR) is 73.6 cm³/mol. The molecular weight excluding hydrogens is 226 g/mol. The highest BCUT2D eigenvalue weighted by Gasteiger charge is 2.18. The fraction of sp³-hybridized carbons (Fsp3) is 0.600. The molecule has 1 fully saturated rings. The van der Waals surface area contributed by atoms with Gasteiger partial charge in [0.25, 0.3) is 0 Å². The Morgan fingerprint density at radius 1 is 1.22 bits per heavy atom. The van der Waals surface area contributed by atoms with Gasteiger partial charge in [0, 0.05) is 5.56 Å². The van der Waals surface area contributed by atoms with E-state index in [0.717, 1.165) is 31.0 Å². The molecule has 1 aromatic rings. The van der Waals surface area contributed by atoms with Gasteiger partial charge in [-0.05, 0) is 62.9 Å². The van der Waals surface area contributed by atoms with Crippen LogP contribution in [0.3, 0.4) is 0 Å². The number of benzene rings is 1. The van der Waals surface area contributed by atoms with E-state index in [-0.39, 0.29) is 0 Å². The van der Waals surface area contributed by atoms with Crippen molar-refractivity contribution in [3.8, 4) is 11.5 Å². The van der Waals surface area contributed by atoms with Crippen LogP contribution in [-0.4, -0.2) is 27.3 Å². The first-order chi connectivity index (χ1) is 8.76. The van der Waals surface area contributed by atoms with Crippen molar-refractivity contribution in [2.75, 3.05) is 27.3 Å². The van der Waals surface area contributed by atoms with E-state index in [4.69, 9.17) is 9.47 Å². The Labute approximate surface area is 109 Å². The van der Waals surface area contributed by atoms with Crippen LogP contribution in [0.4, 0.5) is 0 Å². The minimum absolute atomic E-state index is 0.707. The third kappa shape index (κ3) is 2.78. The summed E-state index contributed by atoms with van der Waals surface area (Å²) < 4.78 is 10.9. The van der Waals surface area contributed by atoms with Crippen molar-refractivity contribution < 1.29 is 9.47 Å². The first-order valence-electron chi connectivity index (χ1n) is 6.67. The normalized spacial score (nSPS) is 19.6. The van der Waals surface area contributed by atoms with Gasteiger partial charge in [-0.3, -0.25) is 0 Å². The van der Waals surface area contributed by atoms with Crippen molar-refractivity contribution in [1.29, 1.82) is 0 Å². The van der Waals surface area contributed by atoms with Crippen molar-refractivity contribution >= 4 is 0 Å². The van der Waals surface area contributed by atoms with Gasteiger partial charge in [-0.1, -0.05) is 0 Å². The zero-order chi connectivity index (χ0) is 13.0. The second kappa shape index (κ2) is 6.10. The van der Waals surface area contributed by atoms with Crippen LogP contribution in [0.5, 0.6) is 11.5 Å². The number of rotatable bonds is 4. The average molecular weight is 249 g/mol. The fourth-order valence-electron chi connectivity index (χ4n) is 2.76. The van der Waals surface area contributed by atoms with Crippen LogP contribution < -0.4 is 14.8 Å². The molecule has 0 aliphatic carbocycles. The van der Waals surface area contributed by atoms with E-state index in [1.807, 2.05) is 12.1 Å². The lowest BCUT2D eigenvalue weighted by atomic mass is 9.90. The molecule has 100 valence electrons. The standard InChI is InChI=1S/C15H23NO2/c1-11-13(9-12-5-4-8-16-10-12)15(18-3)7-6-14(11)17-2/h6-7,12,16H,4-5,8-10H2,1-3H3. The van der Waals surface area contributed by atoms with Gasteiger partial charge in [-0.15, -0.1) is 0 Å². The van der Waals surface area contributed by atoms with Gasteiger partial charge in [0.05, 0.1) is 14.2 Å². The molecule has 18 heavy (non-hydrogen) atoms. The molecule has 1 aliphatic heterocycles. The van der Waals surface area contributed by atoms with Crippen molar-refractivity contribution in [3.05, 3.63) is 23.3 Å². The maximum Gasteiger partial charge on any atom is 0.122 e. The van der Waals surface area contributed by atoms with Crippen LogP contribution in [0.2, 0.25) is 0 Å². The summed E-state index contributed by atoms with van der Waals surface area (Å²) >= 11 is 0. The molecule has 3 nitrogen and oxygen atoms in total. The summed E-state index contributed by atoms with van der Waals surface area (Å²) in [5.74, 6) is 2.65. The highest BCUT2D eigenvalue weighted by molar-refractivity contribution is 5.48. The van der Waals surface area contributed by atoms with E-state index in [1.165, 1.54) is 24.0 Å². The van der Waals surface area contributed by atoms with E-state index in [9.17, 15) is 0 Å². The number of hydrogen-bond donors (Lipinski definition) is 1. The molecule has 1 N–H and O–H groups in total. The van der Waals surface area contributed by atoms with Crippen molar-refractivity contribution in [2.24, 2.45) is 5.92 Å². The number of hydrogen-bond acceptors (Lipinski definition) is 3. The zero-order valence-electron chi connectivity index (χ0n) is 11.6. The molecule has 0 aromatic heterocycles. The Balaban J connectivity index is 2.23. The molecule has 0 bridgehead atoms. The van der Waals surface area contributed by atoms with Crippen LogP contribution in [0.15, 0.2) is 12.1 Å². The maximum atomic E-state index is 5.49. The Kier molecular flexibility index (Phi) is 4.48. The second-order valence-electron chi connectivity index (χ2n) is 4.99. The molecule has 1 aromatic carbocycles. The Morgan fingerprint density at radius 2 is 1.94 bits per heavy atom. The van der Waals surface area contributed by atoms with Crippen molar-refractivity contribution in [2.45, 2.75) is 26.2 Å². The molecule has 0 spiro atoms. The van der Waals surface area contributed by atoms with Crippen LogP contribution in [0, 0.1) is 12.8 Å². The molecule has 0 amide bonds. The van der Waals surface area contributed by atoms with Crippen molar-refractivity contribution in [1.82, 2.24) is 5.32 Å². The first kappa shape index (κ1) is 13.2. The summed E-state index contributed by atoms with van der Waals surface area (Å²) in [6, 6.07) is 3.99. The third-order valence-corrected chi connectivity index (χ3v) is 3.84. The fourth-order valence-corrected chi connectivity index (χ4v) is 2.76. The SMILES string of the molecule is COc1ccc(OC)c(CC2CCCNC2)c1C. The minimum atomic E-state index is 0.707. The predicted octanol–water partition coefficient (Wildman–Crippen LogP) is 2.55. The Hall–Kier alpha value is -1.22. The number of piperidine rings is 1. The van der Waals surface area contributed by atoms with E-state index in [0.29, 0.717) is 5.92 Å². The van der Waals surface area contributed by atoms with Crippen LogP contribution >= 0.6 is 0 Å². The molecular formula is C15H23NO2. The largest absolute Gasteiger partial charge is 0.496 e. The lowest BCUT2D eigenvalue weighted by Crippen LogP contribution is -2.31. The highest BCUT2D eigenvalue weighted by atomic mass is 16.5. The van der Waals surface area contributed by atoms with Crippen LogP contribution in [0.25, 0.3) is 0 Å². The molecule has 1 aliphatic rings. The van der Waals surface area contributed by atoms with Gasteiger partial charge in [-0.25, -0.2) is 0 Å². The summed E-state index contributed by atoms with van der Waals surface area (Å²) in [5, 5.41) is 3.47. The van der Waals surface area contributed by atoms with E-state index in [1.54, 1.807) is 14.2 Å². The van der Waals surface area contributed by atoms with Crippen LogP contribution in [0.1, 0.15) is 24.0 Å². The minimum Gasteiger partial charge on any atom is -0.496 e. The smallest absolute Gasteiger partial charge is 0.122 e. The summed E-state index contributed by atoms with van der Waals surface area (Å²) in [6.45, 7) is 4.39. The molecule has 1 unspecified atom stereocenters. The average Bonchev–Trinajstić information content (AvgIpc) is 2.42. The lowest BCUT2D eigenvalue weighted by Gasteiger charge is -2.24. The summed E-state index contributed by atoms with van der Waals surface area (Å²) in [6.07, 6.45) is 3.64. The van der Waals surface area contributed by atoms with Gasteiger partial charge in [-0.2, -0.15) is 0 Å². The Bertz CT molecular complexity index is 398. The maximum absolute atomic E-state index is 5.49. The summed E-state index contributed by atoms with van der Waals surface area (Å²) in [4.78, 5) is 0. The van der Waals surface area contributed by atoms with Gasteiger partial charge >= 0.3 is 0 Å². The van der Waals surface area contributed by atoms with Gasteiger partial charge < -0.3 is 14.8 Å². The zero-order valence-corrected chi connectivity index (χ0v) is 11.6. The molecule has 0 saturated carbocycles. The molecule has 1 heterocycles. The van der Waals surface area contributed by atoms with E-state index >= 15 is 0 Å². The first-order valence-corrected chi connectivity index (χ1v) is 6.67. The number of methoxy groups -OCH3 is 2. The molecule has 0 radical (unpaired) electrons. The Morgan fingerprint density at radius 3 is 2.56 bits per heavy atom. The van der Waals surface area contributed by atoms with Crippen molar-refractivity contribution in [3.63, 3.8) is 0 Å². The third-order valence-electron chi connectivity index (χ3n) is 3.84. The molecule has 1 saturated heterocycles. The quantitative estimate of drug-likeness (QED) is 0.889. The topological polar surface area (TPSA) is 30.5 Å². The van der Waals surface area contributed by atoms with E-state index < -0.39 is 0 Å². The van der Waals surface area contributed by atoms with Gasteiger partial charge in [0.1, 0.15) is 11.5 Å². The number of nitrogens with one attached hydrogen (secondary N) is 1.